The van der Waals surface area contributed by atoms with Gasteiger partial charge in [-0.05, 0) is 30.9 Å². The Balaban J connectivity index is 1.83. The molecule has 0 spiro atoms. The summed E-state index contributed by atoms with van der Waals surface area (Å²) in [4.78, 5) is 0. The van der Waals surface area contributed by atoms with E-state index in [0.717, 1.165) is 24.3 Å². The third kappa shape index (κ3) is 2.67. The molecule has 3 heteroatoms. The molecular formula is C13H18O3. The van der Waals surface area contributed by atoms with Crippen LogP contribution in [-0.4, -0.2) is 24.9 Å². The van der Waals surface area contributed by atoms with Crippen molar-refractivity contribution in [3.05, 3.63) is 24.3 Å². The smallest absolute Gasteiger partial charge is 0.123 e. The molecule has 1 aromatic carbocycles. The molecule has 1 atom stereocenters. The number of aliphatic hydroxyl groups excluding tert-OH is 1. The number of rotatable bonds is 5. The maximum absolute atomic E-state index is 9.80. The molecule has 1 aromatic rings. The highest BCUT2D eigenvalue weighted by molar-refractivity contribution is 5.32. The maximum Gasteiger partial charge on any atom is 0.123 e. The van der Waals surface area contributed by atoms with Gasteiger partial charge in [-0.15, -0.1) is 0 Å². The fraction of sp³-hybridized carbons (Fsp3) is 0.538. The molecule has 2 rings (SSSR count). The summed E-state index contributed by atoms with van der Waals surface area (Å²) >= 11 is 0. The van der Waals surface area contributed by atoms with Crippen LogP contribution in [0.25, 0.3) is 0 Å². The molecule has 0 radical (unpaired) electrons. The van der Waals surface area contributed by atoms with Crippen LogP contribution in [0.3, 0.4) is 0 Å². The first kappa shape index (κ1) is 11.3. The molecule has 3 nitrogen and oxygen atoms in total. The number of methoxy groups -OCH3 is 1. The number of aliphatic hydroxyl groups is 1. The van der Waals surface area contributed by atoms with Crippen LogP contribution in [0, 0.1) is 5.92 Å². The fourth-order valence-corrected chi connectivity index (χ4v) is 1.83. The Kier molecular flexibility index (Phi) is 3.67. The van der Waals surface area contributed by atoms with Gasteiger partial charge in [0.15, 0.2) is 0 Å². The molecule has 0 bridgehead atoms. The summed E-state index contributed by atoms with van der Waals surface area (Å²) in [5, 5.41) is 9.80. The van der Waals surface area contributed by atoms with Gasteiger partial charge in [-0.3, -0.25) is 0 Å². The van der Waals surface area contributed by atoms with Crippen LogP contribution in [0.5, 0.6) is 11.5 Å². The molecular weight excluding hydrogens is 204 g/mol. The van der Waals surface area contributed by atoms with Crippen LogP contribution in [0.2, 0.25) is 0 Å². The van der Waals surface area contributed by atoms with Crippen molar-refractivity contribution in [1.82, 2.24) is 0 Å². The lowest BCUT2D eigenvalue weighted by atomic mass is 9.81. The van der Waals surface area contributed by atoms with E-state index in [1.165, 1.54) is 6.42 Å². The highest BCUT2D eigenvalue weighted by Gasteiger charge is 2.25. The minimum Gasteiger partial charge on any atom is -0.497 e. The molecule has 0 aliphatic heterocycles. The Morgan fingerprint density at radius 2 is 2.12 bits per heavy atom. The van der Waals surface area contributed by atoms with Gasteiger partial charge in [-0.25, -0.2) is 0 Å². The predicted molar refractivity (Wildman–Crippen MR) is 61.8 cm³/mol. The summed E-state index contributed by atoms with van der Waals surface area (Å²) in [6.45, 7) is 0.373. The molecule has 1 fully saturated rings. The third-order valence-electron chi connectivity index (χ3n) is 3.16. The predicted octanol–water partition coefficient (Wildman–Crippen LogP) is 2.24. The van der Waals surface area contributed by atoms with Crippen molar-refractivity contribution in [2.45, 2.75) is 25.4 Å². The lowest BCUT2D eigenvalue weighted by molar-refractivity contribution is 0.0240. The topological polar surface area (TPSA) is 38.7 Å². The zero-order valence-electron chi connectivity index (χ0n) is 9.56. The Labute approximate surface area is 96.0 Å². The lowest BCUT2D eigenvalue weighted by Gasteiger charge is -2.30. The first-order chi connectivity index (χ1) is 7.79. The number of benzene rings is 1. The van der Waals surface area contributed by atoms with Crippen molar-refractivity contribution < 1.29 is 14.6 Å². The van der Waals surface area contributed by atoms with E-state index in [0.29, 0.717) is 12.5 Å². The minimum atomic E-state index is -0.333. The van der Waals surface area contributed by atoms with Gasteiger partial charge in [0.1, 0.15) is 18.1 Å². The molecule has 16 heavy (non-hydrogen) atoms. The Morgan fingerprint density at radius 1 is 1.38 bits per heavy atom. The molecule has 0 aromatic heterocycles. The second-order valence-corrected chi connectivity index (χ2v) is 4.25. The van der Waals surface area contributed by atoms with Gasteiger partial charge in [-0.2, -0.15) is 0 Å². The molecule has 0 saturated heterocycles. The molecule has 0 heterocycles. The zero-order valence-corrected chi connectivity index (χ0v) is 9.56. The van der Waals surface area contributed by atoms with Crippen molar-refractivity contribution in [3.8, 4) is 11.5 Å². The molecule has 1 N–H and O–H groups in total. The van der Waals surface area contributed by atoms with Gasteiger partial charge in [0.25, 0.3) is 0 Å². The van der Waals surface area contributed by atoms with E-state index in [4.69, 9.17) is 9.47 Å². The zero-order chi connectivity index (χ0) is 11.4. The van der Waals surface area contributed by atoms with E-state index in [-0.39, 0.29) is 6.10 Å². The van der Waals surface area contributed by atoms with Crippen LogP contribution in [-0.2, 0) is 0 Å². The van der Waals surface area contributed by atoms with E-state index < -0.39 is 0 Å². The number of hydrogen-bond acceptors (Lipinski definition) is 3. The first-order valence-corrected chi connectivity index (χ1v) is 5.74. The summed E-state index contributed by atoms with van der Waals surface area (Å²) in [5.41, 5.74) is 0. The molecule has 1 aliphatic carbocycles. The van der Waals surface area contributed by atoms with Crippen molar-refractivity contribution in [2.24, 2.45) is 5.92 Å². The summed E-state index contributed by atoms with van der Waals surface area (Å²) in [5.74, 6) is 1.96. The Bertz CT molecular complexity index is 334. The van der Waals surface area contributed by atoms with Crippen LogP contribution >= 0.6 is 0 Å². The van der Waals surface area contributed by atoms with Crippen molar-refractivity contribution in [1.29, 1.82) is 0 Å². The molecule has 1 aliphatic rings. The number of hydrogen-bond donors (Lipinski definition) is 1. The summed E-state index contributed by atoms with van der Waals surface area (Å²) in [6, 6.07) is 7.45. The highest BCUT2D eigenvalue weighted by Crippen LogP contribution is 2.30. The summed E-state index contributed by atoms with van der Waals surface area (Å²) in [7, 11) is 1.63. The largest absolute Gasteiger partial charge is 0.497 e. The Hall–Kier alpha value is -1.22. The fourth-order valence-electron chi connectivity index (χ4n) is 1.83. The van der Waals surface area contributed by atoms with Gasteiger partial charge in [0.2, 0.25) is 0 Å². The van der Waals surface area contributed by atoms with Crippen LogP contribution in [0.15, 0.2) is 24.3 Å². The average molecular weight is 222 g/mol. The van der Waals surface area contributed by atoms with Crippen LogP contribution in [0.1, 0.15) is 19.3 Å². The van der Waals surface area contributed by atoms with E-state index in [1.54, 1.807) is 7.11 Å². The van der Waals surface area contributed by atoms with Crippen molar-refractivity contribution in [2.75, 3.05) is 13.7 Å². The van der Waals surface area contributed by atoms with E-state index >= 15 is 0 Å². The molecule has 1 saturated carbocycles. The van der Waals surface area contributed by atoms with Gasteiger partial charge in [0.05, 0.1) is 13.2 Å². The van der Waals surface area contributed by atoms with Crippen LogP contribution in [0.4, 0.5) is 0 Å². The summed E-state index contributed by atoms with van der Waals surface area (Å²) < 4.78 is 10.6. The standard InChI is InChI=1S/C13H18O3/c1-15-11-6-3-7-12(8-11)16-9-13(14)10-4-2-5-10/h3,6-8,10,13-14H,2,4-5,9H2,1H3. The van der Waals surface area contributed by atoms with E-state index in [1.807, 2.05) is 24.3 Å². The van der Waals surface area contributed by atoms with Gasteiger partial charge >= 0.3 is 0 Å². The van der Waals surface area contributed by atoms with Crippen LogP contribution < -0.4 is 9.47 Å². The highest BCUT2D eigenvalue weighted by atomic mass is 16.5. The third-order valence-corrected chi connectivity index (χ3v) is 3.16. The maximum atomic E-state index is 9.80. The van der Waals surface area contributed by atoms with Gasteiger partial charge in [0, 0.05) is 6.07 Å². The number of ether oxygens (including phenoxy) is 2. The van der Waals surface area contributed by atoms with Gasteiger partial charge in [-0.1, -0.05) is 12.5 Å². The average Bonchev–Trinajstić information content (AvgIpc) is 2.24. The Morgan fingerprint density at radius 3 is 2.75 bits per heavy atom. The normalized spacial score (nSPS) is 17.6. The first-order valence-electron chi connectivity index (χ1n) is 5.74. The summed E-state index contributed by atoms with van der Waals surface area (Å²) in [6.07, 6.45) is 3.16. The molecule has 88 valence electrons. The lowest BCUT2D eigenvalue weighted by Crippen LogP contribution is -2.31. The van der Waals surface area contributed by atoms with Crippen molar-refractivity contribution in [3.63, 3.8) is 0 Å². The SMILES string of the molecule is COc1cccc(OCC(O)C2CCC2)c1. The van der Waals surface area contributed by atoms with E-state index in [9.17, 15) is 5.11 Å². The second kappa shape index (κ2) is 5.21. The minimum absolute atomic E-state index is 0.333. The monoisotopic (exact) mass is 222 g/mol. The molecule has 1 unspecified atom stereocenters. The van der Waals surface area contributed by atoms with Gasteiger partial charge < -0.3 is 14.6 Å². The quantitative estimate of drug-likeness (QED) is 0.830. The van der Waals surface area contributed by atoms with Crippen molar-refractivity contribution >= 4 is 0 Å². The van der Waals surface area contributed by atoms with E-state index in [2.05, 4.69) is 0 Å². The molecule has 0 amide bonds. The second-order valence-electron chi connectivity index (χ2n) is 4.25.